The lowest BCUT2D eigenvalue weighted by atomic mass is 10.2. The summed E-state index contributed by atoms with van der Waals surface area (Å²) in [5.41, 5.74) is 0. The molecule has 0 saturated carbocycles. The number of aliphatic carboxylic acids is 1. The predicted octanol–water partition coefficient (Wildman–Crippen LogP) is 2.08. The van der Waals surface area contributed by atoms with Gasteiger partial charge in [-0.3, -0.25) is 9.59 Å². The smallest absolute Gasteiger partial charge is 0.303 e. The van der Waals surface area contributed by atoms with E-state index in [0.717, 1.165) is 17.8 Å². The second-order valence-electron chi connectivity index (χ2n) is 4.18. The Bertz CT molecular complexity index is 417. The number of nitrogens with zero attached hydrogens (tertiary/aromatic N) is 1. The summed E-state index contributed by atoms with van der Waals surface area (Å²) in [6, 6.07) is -0.148. The lowest BCUT2D eigenvalue weighted by molar-refractivity contribution is -0.137. The number of thiazole rings is 1. The maximum atomic E-state index is 11.8. The molecule has 0 aliphatic heterocycles. The van der Waals surface area contributed by atoms with Crippen molar-refractivity contribution < 1.29 is 14.7 Å². The van der Waals surface area contributed by atoms with E-state index in [-0.39, 0.29) is 18.4 Å². The number of carboxylic acids is 1. The molecule has 1 rings (SSSR count). The molecule has 0 bridgehead atoms. The number of amides is 1. The molecule has 0 spiro atoms. The number of aryl methyl sites for hydroxylation is 1. The molecule has 1 aromatic rings. The Labute approximate surface area is 110 Å². The zero-order valence-electron chi connectivity index (χ0n) is 10.6. The second-order valence-corrected chi connectivity index (χ2v) is 5.29. The van der Waals surface area contributed by atoms with Gasteiger partial charge in [0.15, 0.2) is 0 Å². The van der Waals surface area contributed by atoms with Gasteiger partial charge in [-0.1, -0.05) is 6.92 Å². The Morgan fingerprint density at radius 3 is 2.89 bits per heavy atom. The van der Waals surface area contributed by atoms with Crippen LogP contribution in [0.15, 0.2) is 6.20 Å². The number of carbonyl (C=O) groups is 2. The van der Waals surface area contributed by atoms with E-state index in [9.17, 15) is 9.59 Å². The van der Waals surface area contributed by atoms with Crippen molar-refractivity contribution in [1.82, 2.24) is 10.3 Å². The molecule has 100 valence electrons. The summed E-state index contributed by atoms with van der Waals surface area (Å²) in [6.45, 7) is 3.87. The Morgan fingerprint density at radius 2 is 2.28 bits per heavy atom. The summed E-state index contributed by atoms with van der Waals surface area (Å²) in [7, 11) is 0. The van der Waals surface area contributed by atoms with Gasteiger partial charge >= 0.3 is 5.97 Å². The minimum Gasteiger partial charge on any atom is -0.481 e. The van der Waals surface area contributed by atoms with E-state index in [1.54, 1.807) is 13.1 Å². The third-order valence-corrected chi connectivity index (χ3v) is 3.47. The van der Waals surface area contributed by atoms with Crippen molar-refractivity contribution >= 4 is 23.2 Å². The first-order valence-electron chi connectivity index (χ1n) is 6.00. The number of hydrogen-bond acceptors (Lipinski definition) is 4. The highest BCUT2D eigenvalue weighted by atomic mass is 32.1. The van der Waals surface area contributed by atoms with Gasteiger partial charge in [-0.25, -0.2) is 4.98 Å². The largest absolute Gasteiger partial charge is 0.481 e. The highest BCUT2D eigenvalue weighted by molar-refractivity contribution is 7.13. The topological polar surface area (TPSA) is 79.3 Å². The maximum Gasteiger partial charge on any atom is 0.303 e. The van der Waals surface area contributed by atoms with Crippen LogP contribution in [0.25, 0.3) is 0 Å². The summed E-state index contributed by atoms with van der Waals surface area (Å²) in [4.78, 5) is 27.0. The quantitative estimate of drug-likeness (QED) is 0.795. The molecule has 0 aromatic carbocycles. The van der Waals surface area contributed by atoms with Crippen molar-refractivity contribution in [3.8, 4) is 0 Å². The fraction of sp³-hybridized carbons (Fsp3) is 0.583. The van der Waals surface area contributed by atoms with Gasteiger partial charge in [0.1, 0.15) is 4.88 Å². The lowest BCUT2D eigenvalue weighted by Gasteiger charge is -2.11. The van der Waals surface area contributed by atoms with Crippen LogP contribution in [0.5, 0.6) is 0 Å². The maximum absolute atomic E-state index is 11.8. The van der Waals surface area contributed by atoms with Gasteiger partial charge in [0.25, 0.3) is 5.91 Å². The van der Waals surface area contributed by atoms with Crippen LogP contribution < -0.4 is 5.32 Å². The standard InChI is InChI=1S/C12H18N2O3S/c1-3-4-10-13-7-9(18-10)12(17)14-8(2)5-6-11(15)16/h7-8H,3-6H2,1-2H3,(H,14,17)(H,15,16). The fourth-order valence-electron chi connectivity index (χ4n) is 1.45. The van der Waals surface area contributed by atoms with Crippen molar-refractivity contribution in [2.45, 2.75) is 45.6 Å². The number of nitrogens with one attached hydrogen (secondary N) is 1. The highest BCUT2D eigenvalue weighted by Gasteiger charge is 2.13. The molecule has 0 fully saturated rings. The van der Waals surface area contributed by atoms with Gasteiger partial charge in [0, 0.05) is 12.5 Å². The number of hydrogen-bond donors (Lipinski definition) is 2. The van der Waals surface area contributed by atoms with E-state index < -0.39 is 5.97 Å². The van der Waals surface area contributed by atoms with E-state index in [0.29, 0.717) is 11.3 Å². The van der Waals surface area contributed by atoms with Gasteiger partial charge in [0.05, 0.1) is 11.2 Å². The van der Waals surface area contributed by atoms with E-state index in [1.165, 1.54) is 11.3 Å². The van der Waals surface area contributed by atoms with E-state index in [4.69, 9.17) is 5.11 Å². The molecule has 0 saturated heterocycles. The van der Waals surface area contributed by atoms with E-state index in [2.05, 4.69) is 17.2 Å². The van der Waals surface area contributed by atoms with Crippen LogP contribution in [0.1, 0.15) is 47.8 Å². The van der Waals surface area contributed by atoms with Crippen LogP contribution in [0.2, 0.25) is 0 Å². The normalized spacial score (nSPS) is 12.1. The van der Waals surface area contributed by atoms with Crippen LogP contribution in [0.4, 0.5) is 0 Å². The molecule has 0 aliphatic rings. The van der Waals surface area contributed by atoms with Crippen LogP contribution in [-0.2, 0) is 11.2 Å². The summed E-state index contributed by atoms with van der Waals surface area (Å²) in [6.07, 6.45) is 3.96. The van der Waals surface area contributed by atoms with Gasteiger partial charge in [-0.15, -0.1) is 11.3 Å². The molecule has 1 unspecified atom stereocenters. The number of aromatic nitrogens is 1. The van der Waals surface area contributed by atoms with Gasteiger partial charge in [0.2, 0.25) is 0 Å². The Kier molecular flexibility index (Phi) is 5.77. The third kappa shape index (κ3) is 4.83. The summed E-state index contributed by atoms with van der Waals surface area (Å²) in [5, 5.41) is 12.3. The first-order valence-corrected chi connectivity index (χ1v) is 6.82. The minimum atomic E-state index is -0.848. The molecule has 1 heterocycles. The average molecular weight is 270 g/mol. The van der Waals surface area contributed by atoms with E-state index in [1.807, 2.05) is 0 Å². The fourth-order valence-corrected chi connectivity index (χ4v) is 2.37. The van der Waals surface area contributed by atoms with Crippen LogP contribution >= 0.6 is 11.3 Å². The molecule has 1 atom stereocenters. The molecule has 6 heteroatoms. The van der Waals surface area contributed by atoms with Crippen LogP contribution in [0.3, 0.4) is 0 Å². The molecule has 2 N–H and O–H groups in total. The van der Waals surface area contributed by atoms with Gasteiger partial charge in [-0.2, -0.15) is 0 Å². The van der Waals surface area contributed by atoms with Crippen LogP contribution in [0, 0.1) is 0 Å². The lowest BCUT2D eigenvalue weighted by Crippen LogP contribution is -2.32. The molecular weight excluding hydrogens is 252 g/mol. The summed E-state index contributed by atoms with van der Waals surface area (Å²) in [5.74, 6) is -1.02. The van der Waals surface area contributed by atoms with Crippen molar-refractivity contribution in [2.24, 2.45) is 0 Å². The number of carboxylic acid groups (broad SMARTS) is 1. The zero-order chi connectivity index (χ0) is 13.5. The Morgan fingerprint density at radius 1 is 1.56 bits per heavy atom. The zero-order valence-corrected chi connectivity index (χ0v) is 11.4. The van der Waals surface area contributed by atoms with Crippen molar-refractivity contribution in [2.75, 3.05) is 0 Å². The van der Waals surface area contributed by atoms with Crippen molar-refractivity contribution in [3.63, 3.8) is 0 Å². The number of carbonyl (C=O) groups excluding carboxylic acids is 1. The average Bonchev–Trinajstić information content (AvgIpc) is 2.75. The predicted molar refractivity (Wildman–Crippen MR) is 69.9 cm³/mol. The molecular formula is C12H18N2O3S. The SMILES string of the molecule is CCCc1ncc(C(=O)NC(C)CCC(=O)O)s1. The van der Waals surface area contributed by atoms with Crippen LogP contribution in [-0.4, -0.2) is 28.0 Å². The monoisotopic (exact) mass is 270 g/mol. The highest BCUT2D eigenvalue weighted by Crippen LogP contribution is 2.14. The van der Waals surface area contributed by atoms with Gasteiger partial charge < -0.3 is 10.4 Å². The Balaban J connectivity index is 2.45. The molecule has 0 aliphatic carbocycles. The Hall–Kier alpha value is -1.43. The molecule has 18 heavy (non-hydrogen) atoms. The second kappa shape index (κ2) is 7.10. The van der Waals surface area contributed by atoms with Gasteiger partial charge in [-0.05, 0) is 26.2 Å². The van der Waals surface area contributed by atoms with Crippen molar-refractivity contribution in [1.29, 1.82) is 0 Å². The first-order chi connectivity index (χ1) is 8.52. The number of rotatable bonds is 7. The van der Waals surface area contributed by atoms with Crippen molar-refractivity contribution in [3.05, 3.63) is 16.1 Å². The first kappa shape index (κ1) is 14.6. The van der Waals surface area contributed by atoms with E-state index >= 15 is 0 Å². The molecule has 1 amide bonds. The summed E-state index contributed by atoms with van der Waals surface area (Å²) >= 11 is 1.39. The molecule has 0 radical (unpaired) electrons. The third-order valence-electron chi connectivity index (χ3n) is 2.41. The minimum absolute atomic E-state index is 0.0607. The molecule has 1 aromatic heterocycles. The molecule has 5 nitrogen and oxygen atoms in total. The summed E-state index contributed by atoms with van der Waals surface area (Å²) < 4.78 is 0.